The maximum Gasteiger partial charge on any atom is 0.266 e. The number of nitrogens with zero attached hydrogens (tertiary/aromatic N) is 1. The number of hydrogen-bond donors (Lipinski definition) is 1. The number of nitrogens with one attached hydrogen (secondary N) is 1. The molecule has 3 heterocycles. The Morgan fingerprint density at radius 1 is 1.22 bits per heavy atom. The van der Waals surface area contributed by atoms with Gasteiger partial charge in [0, 0.05) is 16.7 Å². The SMILES string of the molecule is COc1cccc2c(S(=O)(=O)Nc3onc(C)c3Cl)c(Cc3ccc4c(c3)OCO4)sc12. The lowest BCUT2D eigenvalue weighted by Crippen LogP contribution is -2.14. The molecule has 0 fully saturated rings. The van der Waals surface area contributed by atoms with E-state index in [2.05, 4.69) is 9.88 Å². The lowest BCUT2D eigenvalue weighted by Gasteiger charge is -2.08. The summed E-state index contributed by atoms with van der Waals surface area (Å²) in [5, 5.41) is 4.38. The number of halogens is 1. The van der Waals surface area contributed by atoms with Gasteiger partial charge in [-0.15, -0.1) is 11.3 Å². The number of aromatic nitrogens is 1. The molecule has 2 aromatic carbocycles. The van der Waals surface area contributed by atoms with Crippen molar-refractivity contribution >= 4 is 48.9 Å². The molecule has 0 atom stereocenters. The number of fused-ring (bicyclic) bond motifs is 2. The van der Waals surface area contributed by atoms with Gasteiger partial charge in [-0.25, -0.2) is 13.1 Å². The highest BCUT2D eigenvalue weighted by Crippen LogP contribution is 2.42. The molecule has 0 saturated carbocycles. The molecule has 0 unspecified atom stereocenters. The van der Waals surface area contributed by atoms with Crippen LogP contribution in [0.4, 0.5) is 5.88 Å². The summed E-state index contributed by atoms with van der Waals surface area (Å²) in [6, 6.07) is 10.8. The molecule has 0 spiro atoms. The Morgan fingerprint density at radius 2 is 2.03 bits per heavy atom. The number of methoxy groups -OCH3 is 1. The van der Waals surface area contributed by atoms with Gasteiger partial charge in [0.25, 0.3) is 15.9 Å². The second-order valence-corrected chi connectivity index (χ2v) is 10.2. The van der Waals surface area contributed by atoms with Gasteiger partial charge < -0.3 is 18.7 Å². The zero-order valence-electron chi connectivity index (χ0n) is 17.0. The van der Waals surface area contributed by atoms with Gasteiger partial charge in [0.05, 0.1) is 11.8 Å². The van der Waals surface area contributed by atoms with E-state index in [0.717, 1.165) is 10.3 Å². The van der Waals surface area contributed by atoms with Crippen LogP contribution in [0, 0.1) is 6.92 Å². The number of aryl methyl sites for hydroxylation is 1. The number of sulfonamides is 1. The summed E-state index contributed by atoms with van der Waals surface area (Å²) in [4.78, 5) is 0.766. The largest absolute Gasteiger partial charge is 0.495 e. The molecule has 4 aromatic rings. The minimum atomic E-state index is -4.06. The lowest BCUT2D eigenvalue weighted by molar-refractivity contribution is 0.174. The summed E-state index contributed by atoms with van der Waals surface area (Å²) in [6.45, 7) is 1.79. The van der Waals surface area contributed by atoms with Gasteiger partial charge in [0.2, 0.25) is 6.79 Å². The molecule has 1 N–H and O–H groups in total. The summed E-state index contributed by atoms with van der Waals surface area (Å²) < 4.78 is 51.5. The van der Waals surface area contributed by atoms with Gasteiger partial charge in [-0.1, -0.05) is 35.0 Å². The van der Waals surface area contributed by atoms with Crippen molar-refractivity contribution in [3.63, 3.8) is 0 Å². The van der Waals surface area contributed by atoms with Crippen LogP contribution in [0.15, 0.2) is 45.8 Å². The Morgan fingerprint density at radius 3 is 2.78 bits per heavy atom. The average Bonchev–Trinajstić information content (AvgIpc) is 3.46. The zero-order chi connectivity index (χ0) is 22.5. The highest BCUT2D eigenvalue weighted by molar-refractivity contribution is 7.93. The van der Waals surface area contributed by atoms with Gasteiger partial charge in [0.15, 0.2) is 11.5 Å². The van der Waals surface area contributed by atoms with Crippen molar-refractivity contribution in [3.8, 4) is 17.2 Å². The van der Waals surface area contributed by atoms with Crippen LogP contribution >= 0.6 is 22.9 Å². The Kier molecular flexibility index (Phi) is 5.15. The third-order valence-corrected chi connectivity index (χ3v) is 8.26. The Bertz CT molecular complexity index is 1440. The molecule has 0 aliphatic carbocycles. The smallest absolute Gasteiger partial charge is 0.266 e. The monoisotopic (exact) mass is 492 g/mol. The summed E-state index contributed by atoms with van der Waals surface area (Å²) in [7, 11) is -2.51. The first-order valence-corrected chi connectivity index (χ1v) is 12.2. The fraction of sp³-hybridized carbons (Fsp3) is 0.190. The fourth-order valence-corrected chi connectivity index (χ4v) is 6.75. The van der Waals surface area contributed by atoms with E-state index >= 15 is 0 Å². The first-order valence-electron chi connectivity index (χ1n) is 9.49. The molecule has 8 nitrogen and oxygen atoms in total. The van der Waals surface area contributed by atoms with Crippen LogP contribution < -0.4 is 18.9 Å². The summed E-state index contributed by atoms with van der Waals surface area (Å²) in [5.41, 5.74) is 1.27. The Labute approximate surface area is 192 Å². The summed E-state index contributed by atoms with van der Waals surface area (Å²) in [6.07, 6.45) is 0.360. The second-order valence-electron chi connectivity index (χ2n) is 7.07. The quantitative estimate of drug-likeness (QED) is 0.405. The first kappa shape index (κ1) is 20.9. The fourth-order valence-electron chi connectivity index (χ4n) is 3.52. The van der Waals surface area contributed by atoms with E-state index in [9.17, 15) is 8.42 Å². The number of anilines is 1. The third-order valence-electron chi connectivity index (χ3n) is 5.01. The van der Waals surface area contributed by atoms with E-state index in [-0.39, 0.29) is 22.6 Å². The van der Waals surface area contributed by atoms with E-state index < -0.39 is 10.0 Å². The van der Waals surface area contributed by atoms with Crippen LogP contribution in [-0.2, 0) is 16.4 Å². The molecule has 32 heavy (non-hydrogen) atoms. The molecule has 0 saturated heterocycles. The van der Waals surface area contributed by atoms with Crippen molar-refractivity contribution in [2.24, 2.45) is 0 Å². The van der Waals surface area contributed by atoms with Crippen LogP contribution in [-0.4, -0.2) is 27.5 Å². The molecular formula is C21H17ClN2O6S2. The minimum Gasteiger partial charge on any atom is -0.495 e. The molecule has 1 aliphatic rings. The maximum atomic E-state index is 13.5. The van der Waals surface area contributed by atoms with Crippen LogP contribution in [0.1, 0.15) is 16.1 Å². The third kappa shape index (κ3) is 3.54. The summed E-state index contributed by atoms with van der Waals surface area (Å²) >= 11 is 7.49. The van der Waals surface area contributed by atoms with Crippen molar-refractivity contribution in [3.05, 3.63) is 57.6 Å². The van der Waals surface area contributed by atoms with Gasteiger partial charge >= 0.3 is 0 Å². The number of rotatable bonds is 6. The van der Waals surface area contributed by atoms with Gasteiger partial charge in [0.1, 0.15) is 21.4 Å². The topological polar surface area (TPSA) is 99.9 Å². The number of thiophene rings is 1. The van der Waals surface area contributed by atoms with Crippen molar-refractivity contribution in [1.29, 1.82) is 0 Å². The van der Waals surface area contributed by atoms with Crippen LogP contribution in [0.25, 0.3) is 10.1 Å². The average molecular weight is 493 g/mol. The summed E-state index contributed by atoms with van der Waals surface area (Å²) in [5.74, 6) is 1.76. The van der Waals surface area contributed by atoms with Gasteiger partial charge in [-0.3, -0.25) is 0 Å². The molecule has 166 valence electrons. The van der Waals surface area contributed by atoms with E-state index in [4.69, 9.17) is 30.3 Å². The normalized spacial score (nSPS) is 13.0. The Hall–Kier alpha value is -2.95. The van der Waals surface area contributed by atoms with E-state index in [1.165, 1.54) is 11.3 Å². The number of benzene rings is 2. The lowest BCUT2D eigenvalue weighted by atomic mass is 10.1. The van der Waals surface area contributed by atoms with Crippen molar-refractivity contribution in [2.45, 2.75) is 18.2 Å². The Balaban J connectivity index is 1.64. The van der Waals surface area contributed by atoms with Crippen LogP contribution in [0.3, 0.4) is 0 Å². The minimum absolute atomic E-state index is 0.114. The van der Waals surface area contributed by atoms with Crippen LogP contribution in [0.5, 0.6) is 17.2 Å². The van der Waals surface area contributed by atoms with E-state index in [1.54, 1.807) is 32.2 Å². The molecule has 11 heteroatoms. The van der Waals surface area contributed by atoms with Crippen molar-refractivity contribution in [1.82, 2.24) is 5.16 Å². The molecule has 0 radical (unpaired) electrons. The molecule has 5 rings (SSSR count). The molecule has 1 aliphatic heterocycles. The van der Waals surface area contributed by atoms with E-state index in [0.29, 0.717) is 39.6 Å². The predicted octanol–water partition coefficient (Wildman–Crippen LogP) is 4.98. The predicted molar refractivity (Wildman–Crippen MR) is 121 cm³/mol. The highest BCUT2D eigenvalue weighted by atomic mass is 35.5. The van der Waals surface area contributed by atoms with Crippen LogP contribution in [0.2, 0.25) is 5.02 Å². The molecule has 2 aromatic heterocycles. The highest BCUT2D eigenvalue weighted by Gasteiger charge is 2.29. The molecule has 0 bridgehead atoms. The van der Waals surface area contributed by atoms with Crippen molar-refractivity contribution < 1.29 is 27.2 Å². The van der Waals surface area contributed by atoms with Crippen molar-refractivity contribution in [2.75, 3.05) is 18.6 Å². The van der Waals surface area contributed by atoms with E-state index in [1.807, 2.05) is 18.2 Å². The van der Waals surface area contributed by atoms with Gasteiger partial charge in [-0.2, -0.15) is 0 Å². The molecule has 0 amide bonds. The first-order chi connectivity index (χ1) is 15.4. The standard InChI is InChI=1S/C21H17ClN2O6S2/c1-11-18(22)21(30-23-11)24-32(25,26)20-13-4-3-5-15(27-2)19(13)31-17(20)9-12-6-7-14-16(8-12)29-10-28-14/h3-8,24H,9-10H2,1-2H3. The maximum absolute atomic E-state index is 13.5. The van der Waals surface area contributed by atoms with Gasteiger partial charge in [-0.05, 0) is 30.7 Å². The molecular weight excluding hydrogens is 476 g/mol. The number of hydrogen-bond acceptors (Lipinski definition) is 8. The zero-order valence-corrected chi connectivity index (χ0v) is 19.4. The number of ether oxygens (including phenoxy) is 3. The second kappa shape index (κ2) is 7.88.